The van der Waals surface area contributed by atoms with Gasteiger partial charge in [0.05, 0.1) is 6.61 Å². The molecule has 0 spiro atoms. The molecule has 0 atom stereocenters. The summed E-state index contributed by atoms with van der Waals surface area (Å²) in [6.45, 7) is 3.59. The first-order chi connectivity index (χ1) is 9.19. The smallest absolute Gasteiger partial charge is 0.251 e. The van der Waals surface area contributed by atoms with Gasteiger partial charge in [0.2, 0.25) is 0 Å². The van der Waals surface area contributed by atoms with Crippen molar-refractivity contribution in [1.82, 2.24) is 10.6 Å². The maximum absolute atomic E-state index is 11.7. The Kier molecular flexibility index (Phi) is 6.60. The van der Waals surface area contributed by atoms with Crippen molar-refractivity contribution in [2.24, 2.45) is 0 Å². The minimum Gasteiger partial charge on any atom is -0.383 e. The summed E-state index contributed by atoms with van der Waals surface area (Å²) in [6, 6.07) is 6.58. The SMILES string of the molecule is CCCNC(=O)c1ccc(C(=O)NCCOC)cc1. The van der Waals surface area contributed by atoms with Crippen LogP contribution in [0.15, 0.2) is 24.3 Å². The van der Waals surface area contributed by atoms with Crippen LogP contribution in [0.25, 0.3) is 0 Å². The topological polar surface area (TPSA) is 67.4 Å². The fourth-order valence-electron chi connectivity index (χ4n) is 1.48. The molecule has 0 bridgehead atoms. The van der Waals surface area contributed by atoms with E-state index in [0.29, 0.717) is 30.8 Å². The van der Waals surface area contributed by atoms with Gasteiger partial charge < -0.3 is 15.4 Å². The van der Waals surface area contributed by atoms with Crippen molar-refractivity contribution in [1.29, 1.82) is 0 Å². The minimum atomic E-state index is -0.169. The summed E-state index contributed by atoms with van der Waals surface area (Å²) < 4.78 is 4.85. The third-order valence-corrected chi connectivity index (χ3v) is 2.54. The van der Waals surface area contributed by atoms with Crippen molar-refractivity contribution < 1.29 is 14.3 Å². The summed E-state index contributed by atoms with van der Waals surface area (Å²) in [5.41, 5.74) is 1.09. The van der Waals surface area contributed by atoms with Gasteiger partial charge in [-0.25, -0.2) is 0 Å². The Morgan fingerprint density at radius 1 is 1.00 bits per heavy atom. The molecule has 0 fully saturated rings. The van der Waals surface area contributed by atoms with E-state index in [1.807, 2.05) is 6.92 Å². The third kappa shape index (κ3) is 5.09. The van der Waals surface area contributed by atoms with E-state index in [-0.39, 0.29) is 11.8 Å². The number of benzene rings is 1. The van der Waals surface area contributed by atoms with Crippen molar-refractivity contribution >= 4 is 11.8 Å². The lowest BCUT2D eigenvalue weighted by atomic mass is 10.1. The number of rotatable bonds is 7. The Morgan fingerprint density at radius 2 is 1.47 bits per heavy atom. The highest BCUT2D eigenvalue weighted by Crippen LogP contribution is 2.04. The number of nitrogens with one attached hydrogen (secondary N) is 2. The molecule has 0 saturated heterocycles. The zero-order chi connectivity index (χ0) is 14.1. The molecular weight excluding hydrogens is 244 g/mol. The molecule has 19 heavy (non-hydrogen) atoms. The van der Waals surface area contributed by atoms with Gasteiger partial charge in [-0.3, -0.25) is 9.59 Å². The Bertz CT molecular complexity index is 415. The van der Waals surface area contributed by atoms with E-state index in [4.69, 9.17) is 4.74 Å². The summed E-state index contributed by atoms with van der Waals surface area (Å²) in [5, 5.41) is 5.50. The lowest BCUT2D eigenvalue weighted by Gasteiger charge is -2.06. The molecule has 0 heterocycles. The average Bonchev–Trinajstić information content (AvgIpc) is 2.45. The van der Waals surface area contributed by atoms with Crippen molar-refractivity contribution in [2.75, 3.05) is 26.8 Å². The van der Waals surface area contributed by atoms with Gasteiger partial charge in [-0.05, 0) is 30.7 Å². The monoisotopic (exact) mass is 264 g/mol. The molecule has 0 unspecified atom stereocenters. The number of amides is 2. The molecule has 0 aliphatic rings. The van der Waals surface area contributed by atoms with E-state index in [0.717, 1.165) is 6.42 Å². The third-order valence-electron chi connectivity index (χ3n) is 2.54. The minimum absolute atomic E-state index is 0.117. The van der Waals surface area contributed by atoms with E-state index in [2.05, 4.69) is 10.6 Å². The molecule has 2 N–H and O–H groups in total. The number of hydrogen-bond donors (Lipinski definition) is 2. The van der Waals surface area contributed by atoms with E-state index >= 15 is 0 Å². The summed E-state index contributed by atoms with van der Waals surface area (Å²) in [7, 11) is 1.58. The van der Waals surface area contributed by atoms with Gasteiger partial charge in [0.25, 0.3) is 11.8 Å². The Morgan fingerprint density at radius 3 is 1.89 bits per heavy atom. The highest BCUT2D eigenvalue weighted by atomic mass is 16.5. The van der Waals surface area contributed by atoms with E-state index < -0.39 is 0 Å². The van der Waals surface area contributed by atoms with Crippen LogP contribution in [0, 0.1) is 0 Å². The molecule has 104 valence electrons. The summed E-state index contributed by atoms with van der Waals surface area (Å²) >= 11 is 0. The molecule has 0 saturated carbocycles. The van der Waals surface area contributed by atoms with Crippen LogP contribution < -0.4 is 10.6 Å². The molecule has 2 amide bonds. The molecule has 0 radical (unpaired) electrons. The maximum atomic E-state index is 11.7. The first-order valence-corrected chi connectivity index (χ1v) is 6.34. The van der Waals surface area contributed by atoms with Gasteiger partial charge in [-0.15, -0.1) is 0 Å². The molecule has 5 nitrogen and oxygen atoms in total. The van der Waals surface area contributed by atoms with Crippen molar-refractivity contribution in [3.8, 4) is 0 Å². The first kappa shape index (κ1) is 15.2. The summed E-state index contributed by atoms with van der Waals surface area (Å²) in [4.78, 5) is 23.4. The van der Waals surface area contributed by atoms with Crippen LogP contribution in [-0.2, 0) is 4.74 Å². The fraction of sp³-hybridized carbons (Fsp3) is 0.429. The number of carbonyl (C=O) groups is 2. The molecular formula is C14H20N2O3. The fourth-order valence-corrected chi connectivity index (χ4v) is 1.48. The number of ether oxygens (including phenoxy) is 1. The second-order valence-electron chi connectivity index (χ2n) is 4.08. The van der Waals surface area contributed by atoms with Crippen LogP contribution in [0.4, 0.5) is 0 Å². The predicted molar refractivity (Wildman–Crippen MR) is 73.3 cm³/mol. The van der Waals surface area contributed by atoms with E-state index in [9.17, 15) is 9.59 Å². The van der Waals surface area contributed by atoms with Crippen molar-refractivity contribution in [3.05, 3.63) is 35.4 Å². The zero-order valence-corrected chi connectivity index (χ0v) is 11.4. The van der Waals surface area contributed by atoms with Crippen LogP contribution in [0.2, 0.25) is 0 Å². The second kappa shape index (κ2) is 8.26. The Hall–Kier alpha value is -1.88. The van der Waals surface area contributed by atoms with Crippen LogP contribution in [0.3, 0.4) is 0 Å². The van der Waals surface area contributed by atoms with Gasteiger partial charge in [-0.2, -0.15) is 0 Å². The van der Waals surface area contributed by atoms with Crippen LogP contribution in [-0.4, -0.2) is 38.6 Å². The Balaban J connectivity index is 2.55. The van der Waals surface area contributed by atoms with Gasteiger partial charge in [0.1, 0.15) is 0 Å². The van der Waals surface area contributed by atoms with Crippen molar-refractivity contribution in [3.63, 3.8) is 0 Å². The summed E-state index contributed by atoms with van der Waals surface area (Å²) in [6.07, 6.45) is 0.895. The zero-order valence-electron chi connectivity index (χ0n) is 11.4. The standard InChI is InChI=1S/C14H20N2O3/c1-3-8-15-13(17)11-4-6-12(7-5-11)14(18)16-9-10-19-2/h4-7H,3,8-10H2,1-2H3,(H,15,17)(H,16,18). The molecule has 0 aliphatic carbocycles. The predicted octanol–water partition coefficient (Wildman–Crippen LogP) is 1.20. The molecule has 1 aromatic carbocycles. The van der Waals surface area contributed by atoms with Gasteiger partial charge in [0.15, 0.2) is 0 Å². The normalized spacial score (nSPS) is 10.0. The lowest BCUT2D eigenvalue weighted by Crippen LogP contribution is -2.27. The lowest BCUT2D eigenvalue weighted by molar-refractivity contribution is 0.0931. The molecule has 1 aromatic rings. The quantitative estimate of drug-likeness (QED) is 0.727. The van der Waals surface area contributed by atoms with Crippen molar-refractivity contribution in [2.45, 2.75) is 13.3 Å². The summed E-state index contributed by atoms with van der Waals surface area (Å²) in [5.74, 6) is -0.286. The van der Waals surface area contributed by atoms with Gasteiger partial charge >= 0.3 is 0 Å². The first-order valence-electron chi connectivity index (χ1n) is 6.34. The van der Waals surface area contributed by atoms with E-state index in [1.54, 1.807) is 31.4 Å². The van der Waals surface area contributed by atoms with Gasteiger partial charge in [0, 0.05) is 31.3 Å². The number of carbonyl (C=O) groups excluding carboxylic acids is 2. The maximum Gasteiger partial charge on any atom is 0.251 e. The molecule has 5 heteroatoms. The van der Waals surface area contributed by atoms with Crippen LogP contribution in [0.1, 0.15) is 34.1 Å². The number of methoxy groups -OCH3 is 1. The highest BCUT2D eigenvalue weighted by Gasteiger charge is 2.07. The largest absolute Gasteiger partial charge is 0.383 e. The molecule has 0 aliphatic heterocycles. The highest BCUT2D eigenvalue weighted by molar-refractivity contribution is 5.97. The van der Waals surface area contributed by atoms with Gasteiger partial charge in [-0.1, -0.05) is 6.92 Å². The second-order valence-corrected chi connectivity index (χ2v) is 4.08. The van der Waals surface area contributed by atoms with E-state index in [1.165, 1.54) is 0 Å². The van der Waals surface area contributed by atoms with Crippen LogP contribution >= 0.6 is 0 Å². The molecule has 1 rings (SSSR count). The Labute approximate surface area is 113 Å². The number of hydrogen-bond acceptors (Lipinski definition) is 3. The molecule has 0 aromatic heterocycles. The average molecular weight is 264 g/mol. The van der Waals surface area contributed by atoms with Crippen LogP contribution in [0.5, 0.6) is 0 Å².